The van der Waals surface area contributed by atoms with Crippen LogP contribution in [-0.2, 0) is 12.3 Å². The van der Waals surface area contributed by atoms with E-state index in [9.17, 15) is 0 Å². The molecule has 3 rings (SSSR count). The van der Waals surface area contributed by atoms with Crippen molar-refractivity contribution < 1.29 is 4.74 Å². The third kappa shape index (κ3) is 2.43. The van der Waals surface area contributed by atoms with Crippen molar-refractivity contribution in [1.82, 2.24) is 0 Å². The highest BCUT2D eigenvalue weighted by Gasteiger charge is 2.26. The van der Waals surface area contributed by atoms with Gasteiger partial charge in [0, 0.05) is 11.8 Å². The molecule has 2 aromatic carbocycles. The molecule has 0 spiro atoms. The Balaban J connectivity index is 1.71. The number of halogens is 1. The minimum Gasteiger partial charge on any atom is -0.492 e. The molecule has 1 unspecified atom stereocenters. The fourth-order valence-corrected chi connectivity index (χ4v) is 3.19. The maximum Gasteiger partial charge on any atom is 0.125 e. The van der Waals surface area contributed by atoms with Crippen LogP contribution >= 0.6 is 11.6 Å². The molecule has 104 valence electrons. The largest absolute Gasteiger partial charge is 0.492 e. The Bertz CT molecular complexity index is 610. The molecule has 1 atom stereocenters. The van der Waals surface area contributed by atoms with Crippen LogP contribution in [0, 0.1) is 13.8 Å². The number of aryl methyl sites for hydroxylation is 2. The van der Waals surface area contributed by atoms with E-state index in [-0.39, 0.29) is 0 Å². The quantitative estimate of drug-likeness (QED) is 0.736. The summed E-state index contributed by atoms with van der Waals surface area (Å²) in [5.74, 6) is 2.11. The van der Waals surface area contributed by atoms with Crippen LogP contribution in [0.25, 0.3) is 0 Å². The summed E-state index contributed by atoms with van der Waals surface area (Å²) in [5, 5.41) is 0. The summed E-state index contributed by atoms with van der Waals surface area (Å²) >= 11 is 5.90. The highest BCUT2D eigenvalue weighted by atomic mass is 35.5. The molecule has 0 fully saturated rings. The van der Waals surface area contributed by atoms with Gasteiger partial charge in [0.25, 0.3) is 0 Å². The monoisotopic (exact) mass is 286 g/mol. The van der Waals surface area contributed by atoms with Gasteiger partial charge >= 0.3 is 0 Å². The van der Waals surface area contributed by atoms with E-state index in [1.807, 2.05) is 0 Å². The Morgan fingerprint density at radius 2 is 1.85 bits per heavy atom. The van der Waals surface area contributed by atoms with Gasteiger partial charge in [0.1, 0.15) is 5.75 Å². The SMILES string of the molecule is Cc1cc(CCl)cc(C)c1OCC1Cc2ccccc21. The fourth-order valence-electron chi connectivity index (χ4n) is 3.04. The molecule has 1 aliphatic carbocycles. The average Bonchev–Trinajstić information content (AvgIpc) is 2.42. The molecule has 0 amide bonds. The van der Waals surface area contributed by atoms with E-state index in [0.29, 0.717) is 11.8 Å². The Hall–Kier alpha value is -1.47. The molecular formula is C18H19ClO. The molecule has 2 aromatic rings. The molecule has 0 heterocycles. The average molecular weight is 287 g/mol. The molecule has 0 N–H and O–H groups in total. The second-order valence-corrected chi connectivity index (χ2v) is 5.87. The first-order valence-electron chi connectivity index (χ1n) is 7.05. The van der Waals surface area contributed by atoms with Gasteiger partial charge in [0.15, 0.2) is 0 Å². The van der Waals surface area contributed by atoms with Gasteiger partial charge in [-0.05, 0) is 48.1 Å². The lowest BCUT2D eigenvalue weighted by molar-refractivity contribution is 0.272. The van der Waals surface area contributed by atoms with E-state index < -0.39 is 0 Å². The van der Waals surface area contributed by atoms with Gasteiger partial charge in [-0.1, -0.05) is 36.4 Å². The highest BCUT2D eigenvalue weighted by Crippen LogP contribution is 2.36. The van der Waals surface area contributed by atoms with Crippen molar-refractivity contribution in [1.29, 1.82) is 0 Å². The third-order valence-corrected chi connectivity index (χ3v) is 4.37. The minimum atomic E-state index is 0.540. The van der Waals surface area contributed by atoms with Crippen molar-refractivity contribution in [3.05, 3.63) is 64.2 Å². The number of alkyl halides is 1. The second kappa shape index (κ2) is 5.49. The first-order chi connectivity index (χ1) is 9.69. The molecule has 0 saturated heterocycles. The van der Waals surface area contributed by atoms with Gasteiger partial charge in [-0.3, -0.25) is 0 Å². The van der Waals surface area contributed by atoms with Crippen molar-refractivity contribution in [2.75, 3.05) is 6.61 Å². The van der Waals surface area contributed by atoms with Gasteiger partial charge in [0.2, 0.25) is 0 Å². The molecular weight excluding hydrogens is 268 g/mol. The second-order valence-electron chi connectivity index (χ2n) is 5.60. The first kappa shape index (κ1) is 13.5. The summed E-state index contributed by atoms with van der Waals surface area (Å²) in [6.45, 7) is 4.94. The molecule has 0 saturated carbocycles. The van der Waals surface area contributed by atoms with Crippen molar-refractivity contribution >= 4 is 11.6 Å². The molecule has 1 nitrogen and oxygen atoms in total. The summed E-state index contributed by atoms with van der Waals surface area (Å²) < 4.78 is 6.08. The van der Waals surface area contributed by atoms with Crippen molar-refractivity contribution in [3.63, 3.8) is 0 Å². The van der Waals surface area contributed by atoms with Crippen LogP contribution < -0.4 is 4.74 Å². The van der Waals surface area contributed by atoms with Crippen LogP contribution in [0.1, 0.15) is 33.7 Å². The molecule has 0 aromatic heterocycles. The number of ether oxygens (including phenoxy) is 1. The van der Waals surface area contributed by atoms with Crippen LogP contribution in [0.4, 0.5) is 0 Å². The van der Waals surface area contributed by atoms with Crippen molar-refractivity contribution in [2.45, 2.75) is 32.1 Å². The molecule has 2 heteroatoms. The van der Waals surface area contributed by atoms with Gasteiger partial charge in [0.05, 0.1) is 6.61 Å². The lowest BCUT2D eigenvalue weighted by Gasteiger charge is -2.30. The van der Waals surface area contributed by atoms with Crippen LogP contribution in [0.3, 0.4) is 0 Å². The molecule has 20 heavy (non-hydrogen) atoms. The molecule has 1 aliphatic rings. The normalized spacial score (nSPS) is 16.4. The Morgan fingerprint density at radius 1 is 1.15 bits per heavy atom. The maximum atomic E-state index is 6.08. The number of fused-ring (bicyclic) bond motifs is 1. The van der Waals surface area contributed by atoms with E-state index in [0.717, 1.165) is 24.3 Å². The van der Waals surface area contributed by atoms with Gasteiger partial charge in [-0.25, -0.2) is 0 Å². The fraction of sp³-hybridized carbons (Fsp3) is 0.333. The Labute approximate surface area is 125 Å². The van der Waals surface area contributed by atoms with Gasteiger partial charge in [-0.2, -0.15) is 0 Å². The maximum absolute atomic E-state index is 6.08. The van der Waals surface area contributed by atoms with Crippen LogP contribution in [0.5, 0.6) is 5.75 Å². The predicted molar refractivity (Wildman–Crippen MR) is 83.9 cm³/mol. The summed E-state index contributed by atoms with van der Waals surface area (Å²) in [7, 11) is 0. The first-order valence-corrected chi connectivity index (χ1v) is 7.59. The number of hydrogen-bond acceptors (Lipinski definition) is 1. The van der Waals surface area contributed by atoms with Gasteiger partial charge in [-0.15, -0.1) is 11.6 Å². The number of benzene rings is 2. The Kier molecular flexibility index (Phi) is 3.71. The smallest absolute Gasteiger partial charge is 0.125 e. The highest BCUT2D eigenvalue weighted by molar-refractivity contribution is 6.17. The predicted octanol–water partition coefficient (Wildman–Crippen LogP) is 4.76. The lowest BCUT2D eigenvalue weighted by atomic mass is 9.78. The van der Waals surface area contributed by atoms with Crippen LogP contribution in [0.15, 0.2) is 36.4 Å². The zero-order valence-corrected chi connectivity index (χ0v) is 12.7. The molecule has 0 aliphatic heterocycles. The summed E-state index contributed by atoms with van der Waals surface area (Å²) in [5.41, 5.74) is 6.41. The third-order valence-electron chi connectivity index (χ3n) is 4.06. The standard InChI is InChI=1S/C18H19ClO/c1-12-7-14(10-19)8-13(2)18(12)20-11-16-9-15-5-3-4-6-17(15)16/h3-8,16H,9-11H2,1-2H3. The topological polar surface area (TPSA) is 9.23 Å². The van der Waals surface area contributed by atoms with Crippen LogP contribution in [-0.4, -0.2) is 6.61 Å². The number of rotatable bonds is 4. The minimum absolute atomic E-state index is 0.540. The van der Waals surface area contributed by atoms with Crippen molar-refractivity contribution in [3.8, 4) is 5.75 Å². The zero-order chi connectivity index (χ0) is 14.1. The summed E-state index contributed by atoms with van der Waals surface area (Å²) in [6.07, 6.45) is 1.13. The van der Waals surface area contributed by atoms with Gasteiger partial charge < -0.3 is 4.74 Å². The molecule has 0 radical (unpaired) electrons. The summed E-state index contributed by atoms with van der Waals surface area (Å²) in [4.78, 5) is 0. The molecule has 0 bridgehead atoms. The van der Waals surface area contributed by atoms with E-state index in [2.05, 4.69) is 50.2 Å². The Morgan fingerprint density at radius 3 is 2.50 bits per heavy atom. The number of hydrogen-bond donors (Lipinski definition) is 0. The van der Waals surface area contributed by atoms with Crippen molar-refractivity contribution in [2.24, 2.45) is 0 Å². The van der Waals surface area contributed by atoms with E-state index in [1.54, 1.807) is 0 Å². The van der Waals surface area contributed by atoms with E-state index in [1.165, 1.54) is 22.3 Å². The zero-order valence-electron chi connectivity index (χ0n) is 11.9. The summed E-state index contributed by atoms with van der Waals surface area (Å²) in [6, 6.07) is 12.9. The van der Waals surface area contributed by atoms with Crippen LogP contribution in [0.2, 0.25) is 0 Å². The lowest BCUT2D eigenvalue weighted by Crippen LogP contribution is -2.23. The van der Waals surface area contributed by atoms with E-state index >= 15 is 0 Å². The van der Waals surface area contributed by atoms with E-state index in [4.69, 9.17) is 16.3 Å².